The number of thiocarbonyl (C=S) groups is 1. The summed E-state index contributed by atoms with van der Waals surface area (Å²) in [5, 5.41) is 5.78. The largest absolute Gasteiger partial charge is 0.332 e. The molecule has 3 rings (SSSR count). The molecule has 3 aromatic rings. The van der Waals surface area contributed by atoms with E-state index in [-0.39, 0.29) is 16.9 Å². The first-order valence-corrected chi connectivity index (χ1v) is 9.47. The summed E-state index contributed by atoms with van der Waals surface area (Å²) in [6.07, 6.45) is 0. The number of nitrogens with zero attached hydrogens (tertiary/aromatic N) is 1. The highest BCUT2D eigenvalue weighted by Crippen LogP contribution is 2.17. The van der Waals surface area contributed by atoms with Crippen molar-refractivity contribution in [2.24, 2.45) is 0 Å². The highest BCUT2D eigenvalue weighted by Gasteiger charge is 2.14. The van der Waals surface area contributed by atoms with Crippen LogP contribution in [0.25, 0.3) is 0 Å². The lowest BCUT2D eigenvalue weighted by atomic mass is 10.1. The molecule has 0 saturated heterocycles. The Labute approximate surface area is 175 Å². The van der Waals surface area contributed by atoms with Crippen LogP contribution in [0.5, 0.6) is 0 Å². The number of benzene rings is 3. The summed E-state index contributed by atoms with van der Waals surface area (Å²) in [5.74, 6) is -0.434. The Balaban J connectivity index is 1.67. The van der Waals surface area contributed by atoms with Crippen molar-refractivity contribution in [2.75, 3.05) is 17.3 Å². The van der Waals surface area contributed by atoms with Crippen LogP contribution in [0.3, 0.4) is 0 Å². The molecule has 29 heavy (non-hydrogen) atoms. The lowest BCUT2D eigenvalue weighted by Crippen LogP contribution is -2.34. The molecule has 0 aliphatic heterocycles. The number of hydrogen-bond donors (Lipinski definition) is 2. The average Bonchev–Trinajstić information content (AvgIpc) is 2.73. The van der Waals surface area contributed by atoms with Gasteiger partial charge in [0.1, 0.15) is 0 Å². The molecule has 3 aromatic carbocycles. The molecule has 0 unspecified atom stereocenters. The Kier molecular flexibility index (Phi) is 6.36. The summed E-state index contributed by atoms with van der Waals surface area (Å²) >= 11 is 5.24. The Morgan fingerprint density at radius 3 is 2.28 bits per heavy atom. The molecule has 0 fully saturated rings. The van der Waals surface area contributed by atoms with Crippen LogP contribution in [0.2, 0.25) is 0 Å². The van der Waals surface area contributed by atoms with Gasteiger partial charge in [-0.25, -0.2) is 0 Å². The van der Waals surface area contributed by atoms with Crippen molar-refractivity contribution in [3.05, 3.63) is 95.6 Å². The molecule has 0 saturated carbocycles. The number of para-hydroxylation sites is 1. The molecule has 0 radical (unpaired) electrons. The van der Waals surface area contributed by atoms with Gasteiger partial charge in [-0.3, -0.25) is 14.9 Å². The zero-order chi connectivity index (χ0) is 20.8. The molecule has 0 bridgehead atoms. The van der Waals surface area contributed by atoms with E-state index in [0.29, 0.717) is 16.8 Å². The maximum atomic E-state index is 12.8. The number of aryl methyl sites for hydroxylation is 1. The first-order chi connectivity index (χ1) is 13.9. The highest BCUT2D eigenvalue weighted by atomic mass is 32.1. The van der Waals surface area contributed by atoms with E-state index in [1.165, 1.54) is 0 Å². The Bertz CT molecular complexity index is 1050. The monoisotopic (exact) mass is 403 g/mol. The number of anilines is 2. The van der Waals surface area contributed by atoms with Crippen LogP contribution in [0.4, 0.5) is 11.4 Å². The fourth-order valence-electron chi connectivity index (χ4n) is 2.82. The standard InChI is InChI=1S/C23H21N3O2S/c1-16-8-6-9-17(14-16)21(27)25-23(29)24-19-11-7-10-18(15-19)22(28)26(2)20-12-4-3-5-13-20/h3-15H,1-2H3,(H2,24,25,27,29). The Morgan fingerprint density at radius 2 is 1.55 bits per heavy atom. The number of carbonyl (C=O) groups excluding carboxylic acids is 2. The van der Waals surface area contributed by atoms with Gasteiger partial charge >= 0.3 is 0 Å². The van der Waals surface area contributed by atoms with Crippen LogP contribution in [0.15, 0.2) is 78.9 Å². The van der Waals surface area contributed by atoms with Gasteiger partial charge in [-0.05, 0) is 61.6 Å². The SMILES string of the molecule is Cc1cccc(C(=O)NC(=S)Nc2cccc(C(=O)N(C)c3ccccc3)c2)c1. The first kappa shape index (κ1) is 20.2. The molecule has 146 valence electrons. The molecule has 0 aromatic heterocycles. The Morgan fingerprint density at radius 1 is 0.862 bits per heavy atom. The molecule has 0 atom stereocenters. The van der Waals surface area contributed by atoms with Crippen molar-refractivity contribution >= 4 is 40.5 Å². The van der Waals surface area contributed by atoms with Crippen molar-refractivity contribution in [1.82, 2.24) is 5.32 Å². The average molecular weight is 404 g/mol. The van der Waals surface area contributed by atoms with Gasteiger partial charge in [0.05, 0.1) is 0 Å². The van der Waals surface area contributed by atoms with Crippen LogP contribution in [-0.2, 0) is 0 Å². The number of hydrogen-bond acceptors (Lipinski definition) is 3. The molecule has 0 aliphatic rings. The maximum Gasteiger partial charge on any atom is 0.258 e. The van der Waals surface area contributed by atoms with E-state index in [1.54, 1.807) is 48.3 Å². The zero-order valence-electron chi connectivity index (χ0n) is 16.2. The van der Waals surface area contributed by atoms with Gasteiger partial charge in [-0.15, -0.1) is 0 Å². The van der Waals surface area contributed by atoms with Crippen LogP contribution < -0.4 is 15.5 Å². The van der Waals surface area contributed by atoms with E-state index >= 15 is 0 Å². The topological polar surface area (TPSA) is 61.4 Å². The van der Waals surface area contributed by atoms with Gasteiger partial charge in [0.2, 0.25) is 0 Å². The molecule has 2 N–H and O–H groups in total. The first-order valence-electron chi connectivity index (χ1n) is 9.06. The van der Waals surface area contributed by atoms with Crippen LogP contribution in [0.1, 0.15) is 26.3 Å². The van der Waals surface area contributed by atoms with Crippen molar-refractivity contribution in [3.8, 4) is 0 Å². The smallest absolute Gasteiger partial charge is 0.258 e. The molecule has 0 heterocycles. The quantitative estimate of drug-likeness (QED) is 0.634. The van der Waals surface area contributed by atoms with E-state index < -0.39 is 0 Å². The van der Waals surface area contributed by atoms with Crippen molar-refractivity contribution in [2.45, 2.75) is 6.92 Å². The third-order valence-corrected chi connectivity index (χ3v) is 4.53. The second kappa shape index (κ2) is 9.12. The van der Waals surface area contributed by atoms with E-state index in [9.17, 15) is 9.59 Å². The van der Waals surface area contributed by atoms with Gasteiger partial charge in [0.15, 0.2) is 5.11 Å². The lowest BCUT2D eigenvalue weighted by Gasteiger charge is -2.18. The minimum Gasteiger partial charge on any atom is -0.332 e. The molecular formula is C23H21N3O2S. The van der Waals surface area contributed by atoms with Gasteiger partial charge in [-0.2, -0.15) is 0 Å². The van der Waals surface area contributed by atoms with Crippen molar-refractivity contribution in [1.29, 1.82) is 0 Å². The molecule has 2 amide bonds. The van der Waals surface area contributed by atoms with Gasteiger partial charge < -0.3 is 10.2 Å². The predicted octanol–water partition coefficient (Wildman–Crippen LogP) is 4.40. The van der Waals surface area contributed by atoms with E-state index in [2.05, 4.69) is 10.6 Å². The van der Waals surface area contributed by atoms with E-state index in [1.807, 2.05) is 49.4 Å². The Hall–Kier alpha value is -3.51. The van der Waals surface area contributed by atoms with Crippen molar-refractivity contribution in [3.63, 3.8) is 0 Å². The summed E-state index contributed by atoms with van der Waals surface area (Å²) in [4.78, 5) is 26.7. The number of rotatable bonds is 4. The number of nitrogens with one attached hydrogen (secondary N) is 2. The molecule has 5 nitrogen and oxygen atoms in total. The summed E-state index contributed by atoms with van der Waals surface area (Å²) in [5.41, 5.74) is 3.45. The predicted molar refractivity (Wildman–Crippen MR) is 120 cm³/mol. The zero-order valence-corrected chi connectivity index (χ0v) is 17.0. The minimum absolute atomic E-state index is 0.144. The maximum absolute atomic E-state index is 12.8. The fraction of sp³-hybridized carbons (Fsp3) is 0.0870. The highest BCUT2D eigenvalue weighted by molar-refractivity contribution is 7.80. The minimum atomic E-state index is -0.290. The second-order valence-corrected chi connectivity index (χ2v) is 6.97. The lowest BCUT2D eigenvalue weighted by molar-refractivity contribution is 0.0974. The van der Waals surface area contributed by atoms with Gasteiger partial charge in [-0.1, -0.05) is 42.0 Å². The summed E-state index contributed by atoms with van der Waals surface area (Å²) in [6, 6.07) is 23.6. The summed E-state index contributed by atoms with van der Waals surface area (Å²) < 4.78 is 0. The summed E-state index contributed by atoms with van der Waals surface area (Å²) in [6.45, 7) is 1.92. The van der Waals surface area contributed by atoms with Gasteiger partial charge in [0, 0.05) is 29.5 Å². The third-order valence-electron chi connectivity index (χ3n) is 4.32. The third kappa shape index (κ3) is 5.27. The molecule has 0 spiro atoms. The second-order valence-electron chi connectivity index (χ2n) is 6.56. The number of carbonyl (C=O) groups is 2. The van der Waals surface area contributed by atoms with Crippen molar-refractivity contribution < 1.29 is 9.59 Å². The van der Waals surface area contributed by atoms with E-state index in [4.69, 9.17) is 12.2 Å². The van der Waals surface area contributed by atoms with Crippen LogP contribution in [-0.4, -0.2) is 24.0 Å². The normalized spacial score (nSPS) is 10.1. The number of amides is 2. The molecular weight excluding hydrogens is 382 g/mol. The van der Waals surface area contributed by atoms with Crippen LogP contribution in [0, 0.1) is 6.92 Å². The fourth-order valence-corrected chi connectivity index (χ4v) is 3.03. The van der Waals surface area contributed by atoms with E-state index in [0.717, 1.165) is 11.3 Å². The molecule has 0 aliphatic carbocycles. The van der Waals surface area contributed by atoms with Crippen LogP contribution >= 0.6 is 12.2 Å². The summed E-state index contributed by atoms with van der Waals surface area (Å²) in [7, 11) is 1.73. The van der Waals surface area contributed by atoms with Gasteiger partial charge in [0.25, 0.3) is 11.8 Å². The molecule has 6 heteroatoms.